The van der Waals surface area contributed by atoms with E-state index in [2.05, 4.69) is 0 Å². The molecule has 108 valence electrons. The molecule has 0 bridgehead atoms. The Morgan fingerprint density at radius 2 is 2.10 bits per heavy atom. The van der Waals surface area contributed by atoms with E-state index in [0.717, 1.165) is 5.56 Å². The fraction of sp³-hybridized carbons (Fsp3) is 0.467. The number of ether oxygens (including phenoxy) is 1. The summed E-state index contributed by atoms with van der Waals surface area (Å²) in [5, 5.41) is 9.36. The summed E-state index contributed by atoms with van der Waals surface area (Å²) in [6.45, 7) is 7.57. The Morgan fingerprint density at radius 1 is 1.45 bits per heavy atom. The van der Waals surface area contributed by atoms with Crippen LogP contribution in [0.25, 0.3) is 0 Å². The molecule has 0 radical (unpaired) electrons. The minimum atomic E-state index is -0.580. The highest BCUT2D eigenvalue weighted by molar-refractivity contribution is 6.31. The van der Waals surface area contributed by atoms with Crippen LogP contribution in [0.4, 0.5) is 10.5 Å². The number of halogens is 1. The molecule has 4 nitrogen and oxygen atoms in total. The van der Waals surface area contributed by atoms with Gasteiger partial charge >= 0.3 is 6.09 Å². The molecular formula is C15H19ClN2O2. The molecule has 0 aromatic heterocycles. The first-order chi connectivity index (χ1) is 9.24. The maximum absolute atomic E-state index is 12.2. The molecule has 0 aliphatic rings. The largest absolute Gasteiger partial charge is 0.443 e. The average Bonchev–Trinajstić information content (AvgIpc) is 2.31. The van der Waals surface area contributed by atoms with E-state index in [-0.39, 0.29) is 13.0 Å². The Bertz CT molecular complexity index is 530. The quantitative estimate of drug-likeness (QED) is 0.835. The number of rotatable bonds is 3. The number of hydrogen-bond donors (Lipinski definition) is 0. The number of nitriles is 1. The Kier molecular flexibility index (Phi) is 5.41. The fourth-order valence-corrected chi connectivity index (χ4v) is 1.72. The van der Waals surface area contributed by atoms with Gasteiger partial charge in [0.05, 0.1) is 12.5 Å². The third kappa shape index (κ3) is 4.75. The first-order valence-electron chi connectivity index (χ1n) is 6.38. The van der Waals surface area contributed by atoms with Gasteiger partial charge in [-0.2, -0.15) is 5.26 Å². The monoisotopic (exact) mass is 294 g/mol. The van der Waals surface area contributed by atoms with Gasteiger partial charge in [0.2, 0.25) is 0 Å². The number of benzene rings is 1. The number of carbonyl (C=O) groups is 1. The van der Waals surface area contributed by atoms with Gasteiger partial charge < -0.3 is 4.74 Å². The van der Waals surface area contributed by atoms with Gasteiger partial charge in [0.15, 0.2) is 0 Å². The fourth-order valence-electron chi connectivity index (χ4n) is 1.60. The standard InChI is InChI=1S/C15H19ClN2O2/c1-11-10-12(6-7-13(11)16)18(9-5-8-17)14(19)20-15(2,3)4/h6-7,10H,5,9H2,1-4H3. The second-order valence-corrected chi connectivity index (χ2v) is 5.88. The van der Waals surface area contributed by atoms with Crippen LogP contribution in [-0.2, 0) is 4.74 Å². The van der Waals surface area contributed by atoms with E-state index in [1.807, 2.05) is 19.1 Å². The van der Waals surface area contributed by atoms with E-state index in [4.69, 9.17) is 21.6 Å². The van der Waals surface area contributed by atoms with Crippen LogP contribution in [-0.4, -0.2) is 18.2 Å². The van der Waals surface area contributed by atoms with Crippen molar-refractivity contribution in [2.24, 2.45) is 0 Å². The zero-order chi connectivity index (χ0) is 15.3. The minimum Gasteiger partial charge on any atom is -0.443 e. The van der Waals surface area contributed by atoms with Crippen molar-refractivity contribution in [3.05, 3.63) is 28.8 Å². The molecule has 0 atom stereocenters. The maximum atomic E-state index is 12.2. The predicted octanol–water partition coefficient (Wildman–Crippen LogP) is 4.30. The van der Waals surface area contributed by atoms with Crippen molar-refractivity contribution in [3.8, 4) is 6.07 Å². The SMILES string of the molecule is Cc1cc(N(CCC#N)C(=O)OC(C)(C)C)ccc1Cl. The van der Waals surface area contributed by atoms with E-state index >= 15 is 0 Å². The lowest BCUT2D eigenvalue weighted by atomic mass is 10.2. The molecule has 0 aliphatic heterocycles. The lowest BCUT2D eigenvalue weighted by Crippen LogP contribution is -2.37. The van der Waals surface area contributed by atoms with E-state index in [1.54, 1.807) is 32.9 Å². The van der Waals surface area contributed by atoms with Crippen molar-refractivity contribution in [1.29, 1.82) is 5.26 Å². The van der Waals surface area contributed by atoms with Crippen LogP contribution in [0.3, 0.4) is 0 Å². The topological polar surface area (TPSA) is 53.3 Å². The van der Waals surface area contributed by atoms with Crippen LogP contribution in [0.5, 0.6) is 0 Å². The van der Waals surface area contributed by atoms with Crippen molar-refractivity contribution in [2.45, 2.75) is 39.7 Å². The van der Waals surface area contributed by atoms with E-state index in [1.165, 1.54) is 4.90 Å². The van der Waals surface area contributed by atoms with Crippen molar-refractivity contribution in [2.75, 3.05) is 11.4 Å². The number of carbonyl (C=O) groups excluding carboxylic acids is 1. The molecule has 1 amide bonds. The highest BCUT2D eigenvalue weighted by atomic mass is 35.5. The Balaban J connectivity index is 3.02. The van der Waals surface area contributed by atoms with Gasteiger partial charge in [-0.05, 0) is 51.5 Å². The minimum absolute atomic E-state index is 0.237. The number of nitrogens with zero attached hydrogens (tertiary/aromatic N) is 2. The predicted molar refractivity (Wildman–Crippen MR) is 80.0 cm³/mol. The summed E-state index contributed by atoms with van der Waals surface area (Å²) in [5.74, 6) is 0. The first kappa shape index (κ1) is 16.3. The first-order valence-corrected chi connectivity index (χ1v) is 6.76. The van der Waals surface area contributed by atoms with Gasteiger partial charge in [-0.25, -0.2) is 4.79 Å². The van der Waals surface area contributed by atoms with E-state index in [0.29, 0.717) is 10.7 Å². The number of amides is 1. The molecule has 0 saturated carbocycles. The van der Waals surface area contributed by atoms with Crippen LogP contribution in [0.2, 0.25) is 5.02 Å². The number of hydrogen-bond acceptors (Lipinski definition) is 3. The second kappa shape index (κ2) is 6.62. The van der Waals surface area contributed by atoms with Crippen molar-refractivity contribution in [1.82, 2.24) is 0 Å². The van der Waals surface area contributed by atoms with E-state index < -0.39 is 11.7 Å². The Hall–Kier alpha value is -1.73. The van der Waals surface area contributed by atoms with Gasteiger partial charge in [0, 0.05) is 17.3 Å². The molecule has 0 aliphatic carbocycles. The molecule has 0 heterocycles. The molecule has 1 rings (SSSR count). The molecule has 20 heavy (non-hydrogen) atoms. The van der Waals surface area contributed by atoms with Gasteiger partial charge in [0.1, 0.15) is 5.60 Å². The summed E-state index contributed by atoms with van der Waals surface area (Å²) in [5.41, 5.74) is 0.967. The zero-order valence-electron chi connectivity index (χ0n) is 12.2. The molecule has 0 unspecified atom stereocenters. The van der Waals surface area contributed by atoms with Crippen LogP contribution >= 0.6 is 11.6 Å². The summed E-state index contributed by atoms with van der Waals surface area (Å²) < 4.78 is 5.37. The summed E-state index contributed by atoms with van der Waals surface area (Å²) in [6, 6.07) is 7.32. The molecule has 1 aromatic carbocycles. The maximum Gasteiger partial charge on any atom is 0.414 e. The van der Waals surface area contributed by atoms with Gasteiger partial charge in [-0.1, -0.05) is 11.6 Å². The van der Waals surface area contributed by atoms with Crippen LogP contribution in [0.1, 0.15) is 32.8 Å². The summed E-state index contributed by atoms with van der Waals surface area (Å²) in [4.78, 5) is 13.7. The molecule has 0 N–H and O–H groups in total. The molecule has 0 saturated heterocycles. The van der Waals surface area contributed by atoms with Crippen molar-refractivity contribution < 1.29 is 9.53 Å². The molecule has 0 fully saturated rings. The lowest BCUT2D eigenvalue weighted by molar-refractivity contribution is 0.0581. The van der Waals surface area contributed by atoms with Crippen LogP contribution < -0.4 is 4.90 Å². The average molecular weight is 295 g/mol. The van der Waals surface area contributed by atoms with Crippen molar-refractivity contribution in [3.63, 3.8) is 0 Å². The van der Waals surface area contributed by atoms with Crippen LogP contribution in [0.15, 0.2) is 18.2 Å². The second-order valence-electron chi connectivity index (χ2n) is 5.47. The zero-order valence-corrected chi connectivity index (χ0v) is 13.0. The molecule has 0 spiro atoms. The Morgan fingerprint density at radius 3 is 2.60 bits per heavy atom. The summed E-state index contributed by atoms with van der Waals surface area (Å²) in [6.07, 6.45) is -0.226. The van der Waals surface area contributed by atoms with Crippen LogP contribution in [0, 0.1) is 18.3 Å². The van der Waals surface area contributed by atoms with Gasteiger partial charge in [-0.15, -0.1) is 0 Å². The Labute approximate surface area is 124 Å². The van der Waals surface area contributed by atoms with Gasteiger partial charge in [0.25, 0.3) is 0 Å². The number of anilines is 1. The normalized spacial score (nSPS) is 10.8. The van der Waals surface area contributed by atoms with E-state index in [9.17, 15) is 4.79 Å². The summed E-state index contributed by atoms with van der Waals surface area (Å²) in [7, 11) is 0. The highest BCUT2D eigenvalue weighted by Gasteiger charge is 2.23. The molecule has 5 heteroatoms. The highest BCUT2D eigenvalue weighted by Crippen LogP contribution is 2.24. The molecule has 1 aromatic rings. The lowest BCUT2D eigenvalue weighted by Gasteiger charge is -2.27. The van der Waals surface area contributed by atoms with Crippen molar-refractivity contribution >= 4 is 23.4 Å². The summed E-state index contributed by atoms with van der Waals surface area (Å²) >= 11 is 5.99. The third-order valence-corrected chi connectivity index (χ3v) is 2.94. The third-order valence-electron chi connectivity index (χ3n) is 2.51. The van der Waals surface area contributed by atoms with Gasteiger partial charge in [-0.3, -0.25) is 4.90 Å². The smallest absolute Gasteiger partial charge is 0.414 e. The number of aryl methyl sites for hydroxylation is 1. The molecular weight excluding hydrogens is 276 g/mol.